The summed E-state index contributed by atoms with van der Waals surface area (Å²) in [6, 6.07) is 2.37. The predicted octanol–water partition coefficient (Wildman–Crippen LogP) is 2.77. The Balaban J connectivity index is 0. The summed E-state index contributed by atoms with van der Waals surface area (Å²) < 4.78 is 36.4. The number of hydrogen-bond acceptors (Lipinski definition) is 3. The fourth-order valence-corrected chi connectivity index (χ4v) is 0.977. The van der Waals surface area contributed by atoms with Crippen LogP contribution in [0.3, 0.4) is 0 Å². The van der Waals surface area contributed by atoms with Gasteiger partial charge in [0.1, 0.15) is 0 Å². The summed E-state index contributed by atoms with van der Waals surface area (Å²) in [4.78, 5) is 3.73. The minimum atomic E-state index is -4.31. The minimum absolute atomic E-state index is 0. The molecule has 0 spiro atoms. The second-order valence-electron chi connectivity index (χ2n) is 4.07. The quantitative estimate of drug-likeness (QED) is 0.826. The largest absolute Gasteiger partial charge is 0.417 e. The van der Waals surface area contributed by atoms with Crippen molar-refractivity contribution in [2.24, 2.45) is 0 Å². The monoisotopic (exact) mass is 312 g/mol. The first kappa shape index (κ1) is 20.9. The molecule has 19 heavy (non-hydrogen) atoms. The standard InChI is InChI=1S/C9H11F3N2.C3H8O.Ti/c1-6(13-2)8-4-3-7(5-14-8)9(10,11)12;1-3(2)4;/h3-6,13H,1-2H3;3-4H,1-2H3;. The summed E-state index contributed by atoms with van der Waals surface area (Å²) in [7, 11) is 1.73. The number of aliphatic hydroxyl groups excluding tert-OH is 1. The number of alkyl halides is 3. The number of hydrogen-bond donors (Lipinski definition) is 2. The third-order valence-corrected chi connectivity index (χ3v) is 1.99. The Bertz CT molecular complexity index is 339. The first-order valence-corrected chi connectivity index (χ1v) is 5.57. The maximum Gasteiger partial charge on any atom is 0.417 e. The molecule has 108 valence electrons. The Kier molecular flexibility index (Phi) is 10.4. The van der Waals surface area contributed by atoms with Crippen LogP contribution in [0.4, 0.5) is 13.2 Å². The van der Waals surface area contributed by atoms with Crippen LogP contribution in [0, 0.1) is 0 Å². The molecule has 0 amide bonds. The van der Waals surface area contributed by atoms with Gasteiger partial charge in [0.25, 0.3) is 0 Å². The molecular formula is C12H19F3N2OTi. The van der Waals surface area contributed by atoms with E-state index in [1.54, 1.807) is 20.9 Å². The molecule has 0 aliphatic heterocycles. The number of aliphatic hydroxyl groups is 1. The van der Waals surface area contributed by atoms with Gasteiger partial charge < -0.3 is 10.4 Å². The van der Waals surface area contributed by atoms with E-state index in [9.17, 15) is 13.2 Å². The molecule has 0 aliphatic rings. The van der Waals surface area contributed by atoms with Gasteiger partial charge in [0.2, 0.25) is 0 Å². The Morgan fingerprint density at radius 3 is 1.95 bits per heavy atom. The van der Waals surface area contributed by atoms with E-state index < -0.39 is 11.7 Å². The van der Waals surface area contributed by atoms with E-state index in [2.05, 4.69) is 10.3 Å². The van der Waals surface area contributed by atoms with Gasteiger partial charge in [-0.15, -0.1) is 0 Å². The maximum atomic E-state index is 12.1. The van der Waals surface area contributed by atoms with Crippen molar-refractivity contribution in [1.29, 1.82) is 0 Å². The van der Waals surface area contributed by atoms with Crippen LogP contribution in [-0.2, 0) is 27.9 Å². The molecule has 3 nitrogen and oxygen atoms in total. The normalized spacial score (nSPS) is 12.3. The summed E-state index contributed by atoms with van der Waals surface area (Å²) in [5.74, 6) is 0. The van der Waals surface area contributed by atoms with Gasteiger partial charge >= 0.3 is 6.18 Å². The van der Waals surface area contributed by atoms with Crippen LogP contribution in [0.15, 0.2) is 18.3 Å². The molecule has 1 unspecified atom stereocenters. The Morgan fingerprint density at radius 2 is 1.68 bits per heavy atom. The van der Waals surface area contributed by atoms with E-state index in [-0.39, 0.29) is 33.9 Å². The van der Waals surface area contributed by atoms with Gasteiger partial charge in [-0.2, -0.15) is 13.2 Å². The molecule has 0 saturated heterocycles. The topological polar surface area (TPSA) is 45.1 Å². The molecule has 1 rings (SSSR count). The average molecular weight is 312 g/mol. The zero-order valence-corrected chi connectivity index (χ0v) is 13.0. The van der Waals surface area contributed by atoms with Crippen LogP contribution in [-0.4, -0.2) is 23.2 Å². The molecule has 0 aromatic carbocycles. The SMILES string of the molecule is CC(C)O.CNC(C)c1ccc(C(F)(F)F)cn1.[Ti]. The minimum Gasteiger partial charge on any atom is -0.394 e. The van der Waals surface area contributed by atoms with Gasteiger partial charge in [-0.3, -0.25) is 4.98 Å². The number of aromatic nitrogens is 1. The summed E-state index contributed by atoms with van der Waals surface area (Å²) in [6.07, 6.45) is -3.63. The molecule has 0 bridgehead atoms. The molecule has 2 N–H and O–H groups in total. The molecule has 0 radical (unpaired) electrons. The van der Waals surface area contributed by atoms with Crippen LogP contribution in [0.25, 0.3) is 0 Å². The molecule has 1 heterocycles. The predicted molar refractivity (Wildman–Crippen MR) is 64.1 cm³/mol. The van der Waals surface area contributed by atoms with Gasteiger partial charge in [0.05, 0.1) is 11.3 Å². The van der Waals surface area contributed by atoms with Gasteiger partial charge in [0, 0.05) is 40.1 Å². The first-order chi connectivity index (χ1) is 8.18. The molecule has 0 aliphatic carbocycles. The molecule has 1 atom stereocenters. The van der Waals surface area contributed by atoms with Crippen molar-refractivity contribution in [3.05, 3.63) is 29.6 Å². The second kappa shape index (κ2) is 9.47. The van der Waals surface area contributed by atoms with E-state index in [0.717, 1.165) is 12.3 Å². The van der Waals surface area contributed by atoms with Crippen LogP contribution in [0.2, 0.25) is 0 Å². The second-order valence-corrected chi connectivity index (χ2v) is 4.07. The van der Waals surface area contributed by atoms with E-state index in [1.807, 2.05) is 6.92 Å². The molecule has 0 saturated carbocycles. The summed E-state index contributed by atoms with van der Waals surface area (Å²) in [5.41, 5.74) is -0.120. The van der Waals surface area contributed by atoms with Crippen molar-refractivity contribution in [1.82, 2.24) is 10.3 Å². The molecular weight excluding hydrogens is 293 g/mol. The summed E-state index contributed by atoms with van der Waals surface area (Å²) in [5, 5.41) is 11.0. The Labute approximate surface area is 126 Å². The fraction of sp³-hybridized carbons (Fsp3) is 0.583. The van der Waals surface area contributed by atoms with E-state index in [4.69, 9.17) is 5.11 Å². The number of rotatable bonds is 2. The summed E-state index contributed by atoms with van der Waals surface area (Å²) >= 11 is 0. The summed E-state index contributed by atoms with van der Waals surface area (Å²) in [6.45, 7) is 5.27. The average Bonchev–Trinajstić information content (AvgIpc) is 2.26. The van der Waals surface area contributed by atoms with Crippen molar-refractivity contribution >= 4 is 0 Å². The van der Waals surface area contributed by atoms with Crippen LogP contribution >= 0.6 is 0 Å². The number of nitrogens with one attached hydrogen (secondary N) is 1. The van der Waals surface area contributed by atoms with Gasteiger partial charge in [-0.1, -0.05) is 0 Å². The molecule has 1 aromatic rings. The fourth-order valence-electron chi connectivity index (χ4n) is 0.977. The Hall–Kier alpha value is -0.426. The maximum absolute atomic E-state index is 12.1. The molecule has 7 heteroatoms. The van der Waals surface area contributed by atoms with Gasteiger partial charge in [-0.25, -0.2) is 0 Å². The van der Waals surface area contributed by atoms with E-state index in [0.29, 0.717) is 5.69 Å². The van der Waals surface area contributed by atoms with Crippen molar-refractivity contribution < 1.29 is 40.0 Å². The molecule has 1 aromatic heterocycles. The van der Waals surface area contributed by atoms with Crippen molar-refractivity contribution in [2.75, 3.05) is 7.05 Å². The van der Waals surface area contributed by atoms with Crippen LogP contribution in [0.1, 0.15) is 38.1 Å². The van der Waals surface area contributed by atoms with Gasteiger partial charge in [-0.05, 0) is 40.0 Å². The van der Waals surface area contributed by atoms with E-state index in [1.165, 1.54) is 6.07 Å². The zero-order chi connectivity index (χ0) is 14.3. The number of nitrogens with zero attached hydrogens (tertiary/aromatic N) is 1. The van der Waals surface area contributed by atoms with Crippen molar-refractivity contribution in [3.63, 3.8) is 0 Å². The Morgan fingerprint density at radius 1 is 1.21 bits per heavy atom. The zero-order valence-electron chi connectivity index (χ0n) is 11.4. The number of halogens is 3. The molecule has 0 fully saturated rings. The third-order valence-electron chi connectivity index (χ3n) is 1.99. The number of pyridine rings is 1. The van der Waals surface area contributed by atoms with Gasteiger partial charge in [0.15, 0.2) is 0 Å². The van der Waals surface area contributed by atoms with Crippen LogP contribution in [0.5, 0.6) is 0 Å². The first-order valence-electron chi connectivity index (χ1n) is 5.57. The smallest absolute Gasteiger partial charge is 0.394 e. The third kappa shape index (κ3) is 9.16. The van der Waals surface area contributed by atoms with Crippen molar-refractivity contribution in [2.45, 2.75) is 39.1 Å². The van der Waals surface area contributed by atoms with Crippen LogP contribution < -0.4 is 5.32 Å². The van der Waals surface area contributed by atoms with E-state index >= 15 is 0 Å². The van der Waals surface area contributed by atoms with Crippen molar-refractivity contribution in [3.8, 4) is 0 Å².